The summed E-state index contributed by atoms with van der Waals surface area (Å²) < 4.78 is 152. The van der Waals surface area contributed by atoms with E-state index in [1.807, 2.05) is 0 Å². The van der Waals surface area contributed by atoms with Crippen LogP contribution in [0.15, 0.2) is 64.4 Å². The summed E-state index contributed by atoms with van der Waals surface area (Å²) in [7, 11) is -10.4. The second-order valence-electron chi connectivity index (χ2n) is 12.3. The zero-order valence-corrected chi connectivity index (χ0v) is 31.2. The number of esters is 1. The maximum atomic E-state index is 14.1. The van der Waals surface area contributed by atoms with E-state index in [-0.39, 0.29) is 74.6 Å². The van der Waals surface area contributed by atoms with Crippen LogP contribution in [0.4, 0.5) is 28.9 Å². The van der Waals surface area contributed by atoms with E-state index in [2.05, 4.69) is 4.74 Å². The number of hydrogen-bond acceptors (Lipinski definition) is 14. The molecule has 17 nitrogen and oxygen atoms in total. The fourth-order valence-electron chi connectivity index (χ4n) is 6.42. The van der Waals surface area contributed by atoms with Gasteiger partial charge in [-0.05, 0) is 30.3 Å². The van der Waals surface area contributed by atoms with Crippen LogP contribution in [0.1, 0.15) is 33.5 Å². The van der Waals surface area contributed by atoms with Gasteiger partial charge in [-0.2, -0.15) is 30.7 Å². The Balaban J connectivity index is 1.11. The Bertz CT molecular complexity index is 2410. The average molecular weight is 858 g/mol. The largest absolute Gasteiger partial charge is 0.453 e. The Morgan fingerprint density at radius 2 is 1.19 bits per heavy atom. The smallest absolute Gasteiger partial charge is 0.313 e. The molecule has 0 unspecified atom stereocenters. The van der Waals surface area contributed by atoms with Gasteiger partial charge in [0.05, 0.1) is 64.0 Å². The quantitative estimate of drug-likeness (QED) is 0.0238. The minimum absolute atomic E-state index is 0.00332. The first-order valence-electron chi connectivity index (χ1n) is 16.7. The number of hydrogen-bond donors (Lipinski definition) is 4. The summed E-state index contributed by atoms with van der Waals surface area (Å²) in [5.41, 5.74) is 8.88. The summed E-state index contributed by atoms with van der Waals surface area (Å²) in [5, 5.41) is 0.863. The fourth-order valence-corrected chi connectivity index (χ4v) is 7.92. The van der Waals surface area contributed by atoms with Crippen LogP contribution < -0.4 is 20.9 Å². The van der Waals surface area contributed by atoms with E-state index in [0.29, 0.717) is 0 Å². The molecule has 0 saturated carbocycles. The standard InChI is InChI=1S/C35H31F4N3O14S2/c36-22-17-23(37)28(39)31(27(22)38)55-26(43)9-10-51-11-12-52-13-14-53-15-16-54-42-34(44)18-3-1-2-4-19(18)35(42)20-5-7-24(40)32(57(45,46)47)29(20)56-30-21(35)6-8-25(41)33(30)58(48,49)50/h1-8,17H,9-16,40-41H2,(H,45,46,47)(H,48,49,50). The van der Waals surface area contributed by atoms with Crippen molar-refractivity contribution < 1.29 is 81.6 Å². The summed E-state index contributed by atoms with van der Waals surface area (Å²) in [4.78, 5) is 30.0. The molecule has 58 heavy (non-hydrogen) atoms. The first-order valence-corrected chi connectivity index (χ1v) is 19.6. The Morgan fingerprint density at radius 3 is 1.71 bits per heavy atom. The van der Waals surface area contributed by atoms with Gasteiger partial charge in [-0.25, -0.2) is 8.78 Å². The van der Waals surface area contributed by atoms with Gasteiger partial charge in [0, 0.05) is 28.3 Å². The third-order valence-corrected chi connectivity index (χ3v) is 10.6. The van der Waals surface area contributed by atoms with Crippen molar-refractivity contribution in [2.75, 3.05) is 57.7 Å². The molecule has 6 rings (SSSR count). The minimum atomic E-state index is -5.19. The van der Waals surface area contributed by atoms with Crippen LogP contribution in [0, 0.1) is 23.3 Å². The van der Waals surface area contributed by atoms with Crippen LogP contribution in [0.3, 0.4) is 0 Å². The van der Waals surface area contributed by atoms with E-state index >= 15 is 0 Å². The molecule has 0 atom stereocenters. The minimum Gasteiger partial charge on any atom is -0.453 e. The highest BCUT2D eigenvalue weighted by atomic mass is 32.2. The topological polar surface area (TPSA) is 254 Å². The maximum absolute atomic E-state index is 14.1. The Morgan fingerprint density at radius 1 is 0.707 bits per heavy atom. The zero-order chi connectivity index (χ0) is 42.2. The predicted octanol–water partition coefficient (Wildman–Crippen LogP) is 3.73. The normalized spacial score (nSPS) is 14.2. The van der Waals surface area contributed by atoms with Crippen LogP contribution in [-0.4, -0.2) is 89.1 Å². The molecular formula is C35H31F4N3O14S2. The lowest BCUT2D eigenvalue weighted by atomic mass is 9.75. The summed E-state index contributed by atoms with van der Waals surface area (Å²) in [6.45, 7) is -0.814. The SMILES string of the molecule is Nc1ccc2c(c1S(=O)(=O)O)Oc1c(ccc(N)c1S(=O)(=O)O)C21c2ccccc2C(=O)N1OCCOCCOCCOCCC(=O)Oc1c(F)c(F)cc(F)c1F. The molecule has 0 radical (unpaired) electrons. The molecule has 23 heteroatoms. The van der Waals surface area contributed by atoms with Crippen molar-refractivity contribution in [3.63, 3.8) is 0 Å². The lowest BCUT2D eigenvalue weighted by Crippen LogP contribution is -2.48. The van der Waals surface area contributed by atoms with Gasteiger partial charge in [-0.15, -0.1) is 0 Å². The molecule has 1 amide bonds. The molecule has 2 aliphatic heterocycles. The van der Waals surface area contributed by atoms with Gasteiger partial charge in [-0.1, -0.05) is 18.2 Å². The molecule has 0 saturated heterocycles. The first kappa shape index (κ1) is 42.2. The lowest BCUT2D eigenvalue weighted by molar-refractivity contribution is -0.171. The number of carbonyl (C=O) groups excluding carboxylic acids is 2. The molecule has 0 aromatic heterocycles. The van der Waals surface area contributed by atoms with Crippen molar-refractivity contribution in [3.05, 3.63) is 100 Å². The number of carbonyl (C=O) groups is 2. The van der Waals surface area contributed by atoms with Crippen LogP contribution in [0.5, 0.6) is 17.2 Å². The number of anilines is 2. The second-order valence-corrected chi connectivity index (χ2v) is 15.0. The number of ether oxygens (including phenoxy) is 5. The van der Waals surface area contributed by atoms with Gasteiger partial charge in [0.15, 0.2) is 38.5 Å². The van der Waals surface area contributed by atoms with Crippen molar-refractivity contribution in [3.8, 4) is 17.2 Å². The highest BCUT2D eigenvalue weighted by Gasteiger charge is 2.59. The molecule has 1 spiro atoms. The van der Waals surface area contributed by atoms with Gasteiger partial charge < -0.3 is 35.2 Å². The van der Waals surface area contributed by atoms with Crippen molar-refractivity contribution >= 4 is 43.5 Å². The molecule has 4 aromatic carbocycles. The number of halogens is 4. The molecule has 2 aliphatic rings. The number of hydroxylamine groups is 2. The Hall–Kier alpha value is -5.40. The third-order valence-electron chi connectivity index (χ3n) is 8.75. The number of nitrogens with zero attached hydrogens (tertiary/aromatic N) is 1. The number of nitrogen functional groups attached to an aromatic ring is 2. The van der Waals surface area contributed by atoms with E-state index < -0.39 is 106 Å². The van der Waals surface area contributed by atoms with Gasteiger partial charge in [0.2, 0.25) is 17.4 Å². The number of rotatable bonds is 16. The zero-order valence-electron chi connectivity index (χ0n) is 29.6. The molecule has 0 aliphatic carbocycles. The first-order chi connectivity index (χ1) is 27.4. The van der Waals surface area contributed by atoms with Crippen LogP contribution in [-0.2, 0) is 49.6 Å². The van der Waals surface area contributed by atoms with E-state index in [9.17, 15) is 53.1 Å². The third kappa shape index (κ3) is 7.77. The molecule has 310 valence electrons. The lowest BCUT2D eigenvalue weighted by Gasteiger charge is -2.43. The number of benzene rings is 4. The predicted molar refractivity (Wildman–Crippen MR) is 189 cm³/mol. The van der Waals surface area contributed by atoms with E-state index in [1.54, 1.807) is 12.1 Å². The average Bonchev–Trinajstić information content (AvgIpc) is 3.39. The summed E-state index contributed by atoms with van der Waals surface area (Å²) in [6, 6.07) is 10.9. The van der Waals surface area contributed by atoms with Crippen molar-refractivity contribution in [2.24, 2.45) is 0 Å². The van der Waals surface area contributed by atoms with Gasteiger partial charge >= 0.3 is 5.97 Å². The second kappa shape index (κ2) is 16.5. The Kier molecular flexibility index (Phi) is 12.0. The highest BCUT2D eigenvalue weighted by Crippen LogP contribution is 2.60. The number of amides is 1. The maximum Gasteiger partial charge on any atom is 0.313 e. The summed E-state index contributed by atoms with van der Waals surface area (Å²) in [5.74, 6) is -12.0. The Labute approximate surface area is 326 Å². The number of fused-ring (bicyclic) bond motifs is 6. The number of nitrogens with two attached hydrogens (primary N) is 2. The molecule has 4 aromatic rings. The van der Waals surface area contributed by atoms with E-state index in [4.69, 9.17) is 35.3 Å². The summed E-state index contributed by atoms with van der Waals surface area (Å²) >= 11 is 0. The van der Waals surface area contributed by atoms with Crippen molar-refractivity contribution in [2.45, 2.75) is 21.8 Å². The van der Waals surface area contributed by atoms with E-state index in [1.165, 1.54) is 24.3 Å². The van der Waals surface area contributed by atoms with E-state index in [0.717, 1.165) is 17.2 Å². The van der Waals surface area contributed by atoms with Crippen LogP contribution in [0.25, 0.3) is 0 Å². The fraction of sp³-hybridized carbons (Fsp3) is 0.257. The summed E-state index contributed by atoms with van der Waals surface area (Å²) in [6.07, 6.45) is -0.512. The monoisotopic (exact) mass is 857 g/mol. The molecular weight excluding hydrogens is 827 g/mol. The molecule has 6 N–H and O–H groups in total. The van der Waals surface area contributed by atoms with Crippen LogP contribution in [0.2, 0.25) is 0 Å². The molecule has 0 bridgehead atoms. The van der Waals surface area contributed by atoms with Gasteiger partial charge in [-0.3, -0.25) is 23.5 Å². The highest BCUT2D eigenvalue weighted by molar-refractivity contribution is 7.86. The van der Waals surface area contributed by atoms with Crippen molar-refractivity contribution in [1.29, 1.82) is 0 Å². The molecule has 2 heterocycles. The molecule has 0 fully saturated rings. The van der Waals surface area contributed by atoms with Crippen LogP contribution >= 0.6 is 0 Å². The van der Waals surface area contributed by atoms with Gasteiger partial charge in [0.25, 0.3) is 26.1 Å². The van der Waals surface area contributed by atoms with Gasteiger partial charge in [0.1, 0.15) is 0 Å². The van der Waals surface area contributed by atoms with Crippen molar-refractivity contribution in [1.82, 2.24) is 5.06 Å².